The molecule has 0 aliphatic carbocycles. The largest absolute Gasteiger partial charge is 0.497 e. The number of esters is 1. The van der Waals surface area contributed by atoms with E-state index in [1.807, 2.05) is 60.7 Å². The number of hydrogen-bond donors (Lipinski definition) is 0. The van der Waals surface area contributed by atoms with E-state index in [9.17, 15) is 9.59 Å². The van der Waals surface area contributed by atoms with Crippen LogP contribution in [0.25, 0.3) is 6.08 Å². The Labute approximate surface area is 171 Å². The highest BCUT2D eigenvalue weighted by Crippen LogP contribution is 2.44. The van der Waals surface area contributed by atoms with Crippen molar-refractivity contribution in [3.05, 3.63) is 78.4 Å². The average molecular weight is 391 g/mol. The van der Waals surface area contributed by atoms with Gasteiger partial charge in [0.15, 0.2) is 0 Å². The predicted octanol–water partition coefficient (Wildman–Crippen LogP) is 4.55. The molecule has 1 aliphatic rings. The average Bonchev–Trinajstić information content (AvgIpc) is 2.76. The molecule has 0 N–H and O–H groups in total. The Morgan fingerprint density at radius 1 is 1.10 bits per heavy atom. The third-order valence-corrected chi connectivity index (χ3v) is 5.08. The maximum atomic E-state index is 12.6. The van der Waals surface area contributed by atoms with E-state index in [1.54, 1.807) is 18.1 Å². The van der Waals surface area contributed by atoms with Crippen LogP contribution in [0.15, 0.2) is 67.3 Å². The van der Waals surface area contributed by atoms with Crippen LogP contribution in [0.4, 0.5) is 5.69 Å². The molecular formula is C24H25NO4. The molecular weight excluding hydrogens is 366 g/mol. The van der Waals surface area contributed by atoms with Gasteiger partial charge in [0, 0.05) is 12.1 Å². The van der Waals surface area contributed by atoms with Gasteiger partial charge in [0.25, 0.3) is 0 Å². The number of carbonyl (C=O) groups excluding carboxylic acids is 2. The van der Waals surface area contributed by atoms with Gasteiger partial charge < -0.3 is 14.4 Å². The highest BCUT2D eigenvalue weighted by atomic mass is 16.5. The van der Waals surface area contributed by atoms with Gasteiger partial charge >= 0.3 is 5.97 Å². The number of nitrogens with zero attached hydrogens (tertiary/aromatic N) is 1. The fourth-order valence-electron chi connectivity index (χ4n) is 3.45. The van der Waals surface area contributed by atoms with Crippen molar-refractivity contribution in [3.8, 4) is 5.75 Å². The number of carbonyl (C=O) groups is 2. The number of anilines is 1. The minimum Gasteiger partial charge on any atom is -0.497 e. The highest BCUT2D eigenvalue weighted by molar-refractivity contribution is 6.04. The Bertz CT molecular complexity index is 899. The molecule has 5 heteroatoms. The van der Waals surface area contributed by atoms with Gasteiger partial charge in [-0.05, 0) is 41.8 Å². The molecule has 2 aromatic rings. The highest BCUT2D eigenvalue weighted by Gasteiger charge is 2.46. The van der Waals surface area contributed by atoms with Gasteiger partial charge in [0.05, 0.1) is 26.2 Å². The molecule has 0 spiro atoms. The second-order valence-corrected chi connectivity index (χ2v) is 6.80. The van der Waals surface area contributed by atoms with Gasteiger partial charge in [-0.25, -0.2) is 0 Å². The summed E-state index contributed by atoms with van der Waals surface area (Å²) in [5.41, 5.74) is 2.93. The second-order valence-electron chi connectivity index (χ2n) is 6.80. The summed E-state index contributed by atoms with van der Waals surface area (Å²) in [6, 6.07) is 15.5. The summed E-state index contributed by atoms with van der Waals surface area (Å²) in [5, 5.41) is 0. The van der Waals surface area contributed by atoms with Gasteiger partial charge in [-0.2, -0.15) is 0 Å². The number of allylic oxidation sites excluding steroid dienone is 1. The second kappa shape index (κ2) is 9.24. The minimum atomic E-state index is -0.237. The van der Waals surface area contributed by atoms with E-state index in [0.717, 1.165) is 22.6 Å². The summed E-state index contributed by atoms with van der Waals surface area (Å²) < 4.78 is 9.83. The minimum absolute atomic E-state index is 0.0435. The van der Waals surface area contributed by atoms with E-state index >= 15 is 0 Å². The zero-order valence-corrected chi connectivity index (χ0v) is 16.7. The molecule has 0 radical (unpaired) electrons. The lowest BCUT2D eigenvalue weighted by Crippen LogP contribution is -2.54. The normalized spacial score (nSPS) is 18.4. The van der Waals surface area contributed by atoms with Crippen molar-refractivity contribution in [1.82, 2.24) is 0 Å². The molecule has 1 fully saturated rings. The Hall–Kier alpha value is -3.34. The number of β-lactam (4-membered cyclic amide) rings is 1. The number of ether oxygens (including phenoxy) is 2. The molecule has 0 aromatic heterocycles. The summed E-state index contributed by atoms with van der Waals surface area (Å²) in [5.74, 6) is 0.344. The topological polar surface area (TPSA) is 55.8 Å². The Balaban J connectivity index is 1.74. The third kappa shape index (κ3) is 4.40. The molecule has 2 aromatic carbocycles. The zero-order valence-electron chi connectivity index (χ0n) is 16.7. The molecule has 3 rings (SSSR count). The molecule has 2 atom stereocenters. The number of amides is 1. The van der Waals surface area contributed by atoms with Crippen molar-refractivity contribution in [2.24, 2.45) is 5.92 Å². The molecule has 1 amide bonds. The first-order valence-corrected chi connectivity index (χ1v) is 9.52. The van der Waals surface area contributed by atoms with Crippen molar-refractivity contribution in [3.63, 3.8) is 0 Å². The first-order valence-electron chi connectivity index (χ1n) is 9.52. The van der Waals surface area contributed by atoms with Gasteiger partial charge in [-0.15, -0.1) is 6.58 Å². The lowest BCUT2D eigenvalue weighted by atomic mass is 9.81. The van der Waals surface area contributed by atoms with Gasteiger partial charge in [0.2, 0.25) is 5.91 Å². The quantitative estimate of drug-likeness (QED) is 0.376. The molecule has 1 aliphatic heterocycles. The fourth-order valence-corrected chi connectivity index (χ4v) is 3.45. The molecule has 1 saturated heterocycles. The van der Waals surface area contributed by atoms with E-state index < -0.39 is 0 Å². The van der Waals surface area contributed by atoms with Crippen molar-refractivity contribution in [2.45, 2.75) is 18.9 Å². The maximum absolute atomic E-state index is 12.6. The van der Waals surface area contributed by atoms with E-state index in [-0.39, 0.29) is 23.8 Å². The lowest BCUT2D eigenvalue weighted by Gasteiger charge is -2.46. The van der Waals surface area contributed by atoms with Crippen molar-refractivity contribution >= 4 is 23.6 Å². The van der Waals surface area contributed by atoms with Crippen LogP contribution in [0.5, 0.6) is 5.75 Å². The van der Waals surface area contributed by atoms with Crippen LogP contribution in [0.1, 0.15) is 30.0 Å². The summed E-state index contributed by atoms with van der Waals surface area (Å²) in [7, 11) is 3.01. The number of hydrogen-bond acceptors (Lipinski definition) is 4. The smallest absolute Gasteiger partial charge is 0.305 e. The number of rotatable bonds is 8. The van der Waals surface area contributed by atoms with Crippen LogP contribution < -0.4 is 9.64 Å². The summed E-state index contributed by atoms with van der Waals surface area (Å²) in [6.07, 6.45) is 6.65. The van der Waals surface area contributed by atoms with Crippen LogP contribution in [0.2, 0.25) is 0 Å². The van der Waals surface area contributed by atoms with Crippen LogP contribution in [0, 0.1) is 5.92 Å². The van der Waals surface area contributed by atoms with Gasteiger partial charge in [-0.1, -0.05) is 42.5 Å². The monoisotopic (exact) mass is 391 g/mol. The maximum Gasteiger partial charge on any atom is 0.305 e. The van der Waals surface area contributed by atoms with Crippen LogP contribution >= 0.6 is 0 Å². The Morgan fingerprint density at radius 2 is 1.79 bits per heavy atom. The first-order chi connectivity index (χ1) is 14.1. The van der Waals surface area contributed by atoms with E-state index in [0.29, 0.717) is 12.8 Å². The van der Waals surface area contributed by atoms with E-state index in [1.165, 1.54) is 7.11 Å². The molecule has 150 valence electrons. The summed E-state index contributed by atoms with van der Waals surface area (Å²) >= 11 is 0. The van der Waals surface area contributed by atoms with E-state index in [4.69, 9.17) is 4.74 Å². The zero-order chi connectivity index (χ0) is 20.8. The summed E-state index contributed by atoms with van der Waals surface area (Å²) in [6.45, 7) is 3.84. The Kier molecular flexibility index (Phi) is 6.50. The third-order valence-electron chi connectivity index (χ3n) is 5.08. The molecule has 0 unspecified atom stereocenters. The standard InChI is InChI=1S/C24H25NO4/c1-4-21-23(25(24(21)27)19-13-15-20(28-2)16-14-19)18-11-9-17(10-12-18)7-5-6-8-22(26)29-3/h4-5,7,9-16,21,23H,1,6,8H2,2-3H3/b7-5+/t21-,23-/m1/s1. The van der Waals surface area contributed by atoms with Gasteiger partial charge in [0.1, 0.15) is 5.75 Å². The van der Waals surface area contributed by atoms with Crippen molar-refractivity contribution in [1.29, 1.82) is 0 Å². The first kappa shape index (κ1) is 20.4. The lowest BCUT2D eigenvalue weighted by molar-refractivity contribution is -0.140. The SMILES string of the molecule is C=C[C@H]1C(=O)N(c2ccc(OC)cc2)[C@@H]1c1ccc(/C=C/CCC(=O)OC)cc1. The summed E-state index contributed by atoms with van der Waals surface area (Å²) in [4.78, 5) is 25.6. The van der Waals surface area contributed by atoms with Crippen LogP contribution in [-0.4, -0.2) is 26.1 Å². The predicted molar refractivity (Wildman–Crippen MR) is 114 cm³/mol. The molecule has 0 bridgehead atoms. The molecule has 29 heavy (non-hydrogen) atoms. The van der Waals surface area contributed by atoms with Crippen molar-refractivity contribution < 1.29 is 19.1 Å². The number of methoxy groups -OCH3 is 2. The van der Waals surface area contributed by atoms with Gasteiger partial charge in [-0.3, -0.25) is 9.59 Å². The number of benzene rings is 2. The molecule has 1 heterocycles. The molecule has 5 nitrogen and oxygen atoms in total. The van der Waals surface area contributed by atoms with Crippen molar-refractivity contribution in [2.75, 3.05) is 19.1 Å². The van der Waals surface area contributed by atoms with Crippen LogP contribution in [0.3, 0.4) is 0 Å². The fraction of sp³-hybridized carbons (Fsp3) is 0.250. The molecule has 0 saturated carbocycles. The van der Waals surface area contributed by atoms with Crippen LogP contribution in [-0.2, 0) is 14.3 Å². The van der Waals surface area contributed by atoms with E-state index in [2.05, 4.69) is 11.3 Å². The Morgan fingerprint density at radius 3 is 2.38 bits per heavy atom.